The molecule has 0 spiro atoms. The lowest BCUT2D eigenvalue weighted by atomic mass is 10.0. The predicted octanol–water partition coefficient (Wildman–Crippen LogP) is 2.93. The van der Waals surface area contributed by atoms with Gasteiger partial charge >= 0.3 is 0 Å². The molecule has 0 amide bonds. The van der Waals surface area contributed by atoms with E-state index in [0.717, 1.165) is 28.3 Å². The smallest absolute Gasteiger partial charge is 0.123 e. The van der Waals surface area contributed by atoms with Gasteiger partial charge in [0.2, 0.25) is 0 Å². The van der Waals surface area contributed by atoms with E-state index in [1.807, 2.05) is 19.1 Å². The molecule has 3 heteroatoms. The van der Waals surface area contributed by atoms with Gasteiger partial charge in [0.1, 0.15) is 5.75 Å². The Morgan fingerprint density at radius 1 is 1.50 bits per heavy atom. The van der Waals surface area contributed by atoms with Crippen molar-refractivity contribution in [3.05, 3.63) is 28.3 Å². The van der Waals surface area contributed by atoms with E-state index in [1.54, 1.807) is 7.11 Å². The lowest BCUT2D eigenvalue weighted by Gasteiger charge is -2.13. The third-order valence-electron chi connectivity index (χ3n) is 2.28. The van der Waals surface area contributed by atoms with Crippen LogP contribution in [0.4, 0.5) is 0 Å². The minimum Gasteiger partial charge on any atom is -0.496 e. The van der Waals surface area contributed by atoms with Crippen LogP contribution in [0.2, 0.25) is 5.02 Å². The second kappa shape index (κ2) is 4.67. The Morgan fingerprint density at radius 3 is 2.57 bits per heavy atom. The number of nitrogens with two attached hydrogens (primary N) is 1. The highest BCUT2D eigenvalue weighted by Gasteiger charge is 2.10. The number of hydrogen-bond acceptors (Lipinski definition) is 2. The van der Waals surface area contributed by atoms with E-state index in [0.29, 0.717) is 0 Å². The van der Waals surface area contributed by atoms with Crippen molar-refractivity contribution in [1.29, 1.82) is 0 Å². The van der Waals surface area contributed by atoms with Crippen molar-refractivity contribution < 1.29 is 4.74 Å². The number of halogens is 1. The molecule has 0 saturated carbocycles. The lowest BCUT2D eigenvalue weighted by molar-refractivity contribution is 0.409. The standard InChI is InChI=1S/C11H16ClNO/c1-4-9-10(12)5-8(7(2)13)6-11(9)14-3/h5-7H,4,13H2,1-3H3. The Morgan fingerprint density at radius 2 is 2.14 bits per heavy atom. The van der Waals surface area contributed by atoms with Crippen LogP contribution >= 0.6 is 11.6 Å². The summed E-state index contributed by atoms with van der Waals surface area (Å²) in [7, 11) is 1.65. The van der Waals surface area contributed by atoms with Crippen LogP contribution in [0.15, 0.2) is 12.1 Å². The maximum Gasteiger partial charge on any atom is 0.123 e. The molecular formula is C11H16ClNO. The van der Waals surface area contributed by atoms with Crippen LogP contribution in [0.3, 0.4) is 0 Å². The Bertz CT molecular complexity index is 323. The van der Waals surface area contributed by atoms with Gasteiger partial charge in [-0.2, -0.15) is 0 Å². The fourth-order valence-corrected chi connectivity index (χ4v) is 1.77. The maximum absolute atomic E-state index is 6.12. The van der Waals surface area contributed by atoms with E-state index >= 15 is 0 Å². The number of ether oxygens (including phenoxy) is 1. The molecule has 78 valence electrons. The summed E-state index contributed by atoms with van der Waals surface area (Å²) in [5.41, 5.74) is 7.83. The molecule has 0 aliphatic heterocycles. The first kappa shape index (κ1) is 11.3. The normalized spacial score (nSPS) is 12.6. The highest BCUT2D eigenvalue weighted by Crippen LogP contribution is 2.30. The molecule has 0 heterocycles. The first-order valence-electron chi connectivity index (χ1n) is 4.72. The topological polar surface area (TPSA) is 35.2 Å². The van der Waals surface area contributed by atoms with Crippen molar-refractivity contribution in [1.82, 2.24) is 0 Å². The van der Waals surface area contributed by atoms with Crippen LogP contribution in [-0.2, 0) is 6.42 Å². The van der Waals surface area contributed by atoms with Crippen molar-refractivity contribution in [3.8, 4) is 5.75 Å². The summed E-state index contributed by atoms with van der Waals surface area (Å²) in [5.74, 6) is 0.826. The molecule has 0 bridgehead atoms. The van der Waals surface area contributed by atoms with Crippen molar-refractivity contribution in [2.75, 3.05) is 7.11 Å². The molecule has 1 unspecified atom stereocenters. The van der Waals surface area contributed by atoms with Crippen LogP contribution < -0.4 is 10.5 Å². The average molecular weight is 214 g/mol. The summed E-state index contributed by atoms with van der Waals surface area (Å²) in [4.78, 5) is 0. The van der Waals surface area contributed by atoms with Gasteiger partial charge in [-0.05, 0) is 31.0 Å². The van der Waals surface area contributed by atoms with E-state index in [1.165, 1.54) is 0 Å². The Balaban J connectivity index is 3.24. The zero-order chi connectivity index (χ0) is 10.7. The number of rotatable bonds is 3. The van der Waals surface area contributed by atoms with Gasteiger partial charge in [-0.15, -0.1) is 0 Å². The lowest BCUT2D eigenvalue weighted by Crippen LogP contribution is -2.06. The first-order chi connectivity index (χ1) is 6.60. The molecule has 2 N–H and O–H groups in total. The molecule has 0 aromatic heterocycles. The minimum atomic E-state index is -0.0210. The van der Waals surface area contributed by atoms with Crippen LogP contribution in [0.1, 0.15) is 31.0 Å². The van der Waals surface area contributed by atoms with Crippen LogP contribution in [0.25, 0.3) is 0 Å². The molecule has 14 heavy (non-hydrogen) atoms. The van der Waals surface area contributed by atoms with E-state index < -0.39 is 0 Å². The fraction of sp³-hybridized carbons (Fsp3) is 0.455. The van der Waals surface area contributed by atoms with E-state index in [-0.39, 0.29) is 6.04 Å². The molecule has 2 nitrogen and oxygen atoms in total. The third-order valence-corrected chi connectivity index (χ3v) is 2.61. The zero-order valence-corrected chi connectivity index (χ0v) is 9.56. The number of hydrogen-bond donors (Lipinski definition) is 1. The maximum atomic E-state index is 6.12. The second-order valence-electron chi connectivity index (χ2n) is 3.33. The van der Waals surface area contributed by atoms with Gasteiger partial charge in [-0.1, -0.05) is 18.5 Å². The highest BCUT2D eigenvalue weighted by atomic mass is 35.5. The van der Waals surface area contributed by atoms with Gasteiger partial charge in [0.25, 0.3) is 0 Å². The van der Waals surface area contributed by atoms with Crippen molar-refractivity contribution >= 4 is 11.6 Å². The molecule has 1 aromatic rings. The van der Waals surface area contributed by atoms with E-state index in [9.17, 15) is 0 Å². The van der Waals surface area contributed by atoms with Gasteiger partial charge in [0.15, 0.2) is 0 Å². The van der Waals surface area contributed by atoms with Crippen molar-refractivity contribution in [2.45, 2.75) is 26.3 Å². The minimum absolute atomic E-state index is 0.0210. The molecule has 0 aliphatic rings. The zero-order valence-electron chi connectivity index (χ0n) is 8.80. The molecule has 1 atom stereocenters. The van der Waals surface area contributed by atoms with E-state index in [4.69, 9.17) is 22.1 Å². The SMILES string of the molecule is CCc1c(Cl)cc(C(C)N)cc1OC. The summed E-state index contributed by atoms with van der Waals surface area (Å²) >= 11 is 6.12. The van der Waals surface area contributed by atoms with Crippen LogP contribution in [-0.4, -0.2) is 7.11 Å². The molecule has 0 radical (unpaired) electrons. The highest BCUT2D eigenvalue weighted by molar-refractivity contribution is 6.31. The fourth-order valence-electron chi connectivity index (χ4n) is 1.42. The predicted molar refractivity (Wildman–Crippen MR) is 60.0 cm³/mol. The molecule has 1 aromatic carbocycles. The third kappa shape index (κ3) is 2.20. The molecular weight excluding hydrogens is 198 g/mol. The quantitative estimate of drug-likeness (QED) is 0.838. The van der Waals surface area contributed by atoms with Crippen molar-refractivity contribution in [3.63, 3.8) is 0 Å². The monoisotopic (exact) mass is 213 g/mol. The van der Waals surface area contributed by atoms with E-state index in [2.05, 4.69) is 6.92 Å². The summed E-state index contributed by atoms with van der Waals surface area (Å²) < 4.78 is 5.27. The Hall–Kier alpha value is -0.730. The Kier molecular flexibility index (Phi) is 3.78. The molecule has 0 aliphatic carbocycles. The van der Waals surface area contributed by atoms with Gasteiger partial charge in [0.05, 0.1) is 7.11 Å². The first-order valence-corrected chi connectivity index (χ1v) is 5.09. The molecule has 1 rings (SSSR count). The largest absolute Gasteiger partial charge is 0.496 e. The van der Waals surface area contributed by atoms with Crippen LogP contribution in [0, 0.1) is 0 Å². The number of methoxy groups -OCH3 is 1. The molecule has 0 fully saturated rings. The Labute approximate surface area is 90.0 Å². The van der Waals surface area contributed by atoms with Gasteiger partial charge < -0.3 is 10.5 Å². The second-order valence-corrected chi connectivity index (χ2v) is 3.73. The van der Waals surface area contributed by atoms with Gasteiger partial charge in [0, 0.05) is 16.6 Å². The summed E-state index contributed by atoms with van der Waals surface area (Å²) in [6, 6.07) is 3.84. The van der Waals surface area contributed by atoms with Gasteiger partial charge in [-0.25, -0.2) is 0 Å². The van der Waals surface area contributed by atoms with Gasteiger partial charge in [-0.3, -0.25) is 0 Å². The summed E-state index contributed by atoms with van der Waals surface area (Å²) in [5, 5.41) is 0.735. The summed E-state index contributed by atoms with van der Waals surface area (Å²) in [6.45, 7) is 3.98. The van der Waals surface area contributed by atoms with Crippen LogP contribution in [0.5, 0.6) is 5.75 Å². The molecule has 0 saturated heterocycles. The number of benzene rings is 1. The summed E-state index contributed by atoms with van der Waals surface area (Å²) in [6.07, 6.45) is 0.862. The average Bonchev–Trinajstić information content (AvgIpc) is 2.16. The van der Waals surface area contributed by atoms with Crippen molar-refractivity contribution in [2.24, 2.45) is 5.73 Å².